The van der Waals surface area contributed by atoms with E-state index < -0.39 is 5.97 Å². The van der Waals surface area contributed by atoms with Gasteiger partial charge in [-0.2, -0.15) is 0 Å². The normalized spacial score (nSPS) is 21.5. The van der Waals surface area contributed by atoms with E-state index in [1.54, 1.807) is 0 Å². The Bertz CT molecular complexity index is 218. The van der Waals surface area contributed by atoms with E-state index in [4.69, 9.17) is 23.1 Å². The van der Waals surface area contributed by atoms with E-state index in [-0.39, 0.29) is 11.8 Å². The Morgan fingerprint density at radius 1 is 1.54 bits per heavy atom. The molecule has 0 amide bonds. The van der Waals surface area contributed by atoms with Crippen molar-refractivity contribution in [1.29, 1.82) is 0 Å². The molecule has 0 unspecified atom stereocenters. The van der Waals surface area contributed by atoms with Gasteiger partial charge in [0.1, 0.15) is 0 Å². The van der Waals surface area contributed by atoms with Gasteiger partial charge in [-0.05, 0) is 42.5 Å². The van der Waals surface area contributed by atoms with Gasteiger partial charge in [0.2, 0.25) is 0 Å². The van der Waals surface area contributed by atoms with Crippen LogP contribution in [0.15, 0.2) is 0 Å². The Balaban J connectivity index is 2.60. The molecule has 4 heteroatoms. The van der Waals surface area contributed by atoms with Crippen LogP contribution in [-0.4, -0.2) is 22.5 Å². The van der Waals surface area contributed by atoms with Crippen molar-refractivity contribution in [3.05, 3.63) is 0 Å². The summed E-state index contributed by atoms with van der Waals surface area (Å²) in [6.07, 6.45) is 3.59. The number of nitrogens with two attached hydrogens (primary N) is 1. The second-order valence-electron chi connectivity index (χ2n) is 3.81. The number of hydrogen-bond acceptors (Lipinski definition) is 3. The van der Waals surface area contributed by atoms with Crippen molar-refractivity contribution in [2.45, 2.75) is 32.1 Å². The largest absolute Gasteiger partial charge is 0.481 e. The minimum atomic E-state index is -0.752. The van der Waals surface area contributed by atoms with E-state index in [0.717, 1.165) is 30.5 Å². The van der Waals surface area contributed by atoms with Crippen LogP contribution in [0.2, 0.25) is 0 Å². The summed E-state index contributed by atoms with van der Waals surface area (Å²) < 4.78 is 0. The molecule has 74 valence electrons. The predicted octanol–water partition coefficient (Wildman–Crippen LogP) is 1.35. The lowest BCUT2D eigenvalue weighted by Crippen LogP contribution is -2.36. The molecule has 13 heavy (non-hydrogen) atoms. The lowest BCUT2D eigenvalue weighted by molar-refractivity contribution is -0.140. The van der Waals surface area contributed by atoms with Crippen LogP contribution in [0.5, 0.6) is 0 Å². The molecule has 0 aromatic heterocycles. The van der Waals surface area contributed by atoms with E-state index in [9.17, 15) is 4.79 Å². The first-order valence-electron chi connectivity index (χ1n) is 4.51. The standard InChI is InChI=1S/C9H15NO2S/c10-6-9(5-8(11)12)3-1-7(13)2-4-9/h1-6,10H2,(H,11,12). The van der Waals surface area contributed by atoms with Gasteiger partial charge in [-0.1, -0.05) is 12.2 Å². The van der Waals surface area contributed by atoms with Gasteiger partial charge in [0.05, 0.1) is 6.42 Å². The Morgan fingerprint density at radius 2 is 2.08 bits per heavy atom. The number of aliphatic carboxylic acids is 1. The van der Waals surface area contributed by atoms with Gasteiger partial charge in [-0.3, -0.25) is 4.79 Å². The third-order valence-electron chi connectivity index (χ3n) is 2.83. The fourth-order valence-electron chi connectivity index (χ4n) is 1.83. The molecule has 3 nitrogen and oxygen atoms in total. The number of hydrogen-bond donors (Lipinski definition) is 2. The molecule has 0 radical (unpaired) electrons. The first-order valence-corrected chi connectivity index (χ1v) is 4.92. The third-order valence-corrected chi connectivity index (χ3v) is 3.24. The first kappa shape index (κ1) is 10.6. The smallest absolute Gasteiger partial charge is 0.303 e. The van der Waals surface area contributed by atoms with Crippen molar-refractivity contribution in [2.24, 2.45) is 11.1 Å². The summed E-state index contributed by atoms with van der Waals surface area (Å²) in [5.41, 5.74) is 5.44. The zero-order valence-electron chi connectivity index (χ0n) is 7.58. The van der Waals surface area contributed by atoms with Gasteiger partial charge in [0.15, 0.2) is 0 Å². The molecule has 0 bridgehead atoms. The molecule has 1 rings (SSSR count). The highest BCUT2D eigenvalue weighted by Gasteiger charge is 2.34. The average molecular weight is 201 g/mol. The number of rotatable bonds is 3. The molecule has 0 aliphatic heterocycles. The number of thiocarbonyl (C=S) groups is 1. The lowest BCUT2D eigenvalue weighted by Gasteiger charge is -2.35. The van der Waals surface area contributed by atoms with Crippen LogP contribution in [0.25, 0.3) is 0 Å². The minimum absolute atomic E-state index is 0.186. The van der Waals surface area contributed by atoms with Crippen LogP contribution >= 0.6 is 12.2 Å². The van der Waals surface area contributed by atoms with Crippen LogP contribution < -0.4 is 5.73 Å². The summed E-state index contributed by atoms with van der Waals surface area (Å²) in [5, 5.41) is 8.74. The summed E-state index contributed by atoms with van der Waals surface area (Å²) >= 11 is 5.08. The zero-order chi connectivity index (χ0) is 9.90. The van der Waals surface area contributed by atoms with Gasteiger partial charge in [-0.25, -0.2) is 0 Å². The Labute approximate surface area is 83.3 Å². The average Bonchev–Trinajstić information content (AvgIpc) is 2.09. The van der Waals surface area contributed by atoms with Crippen LogP contribution in [0, 0.1) is 5.41 Å². The maximum atomic E-state index is 10.6. The van der Waals surface area contributed by atoms with Crippen molar-refractivity contribution >= 4 is 23.1 Å². The van der Waals surface area contributed by atoms with E-state index in [2.05, 4.69) is 0 Å². The maximum Gasteiger partial charge on any atom is 0.303 e. The molecule has 3 N–H and O–H groups in total. The summed E-state index contributed by atoms with van der Waals surface area (Å²) in [4.78, 5) is 11.7. The maximum absolute atomic E-state index is 10.6. The summed E-state index contributed by atoms with van der Waals surface area (Å²) in [6.45, 7) is 0.460. The predicted molar refractivity (Wildman–Crippen MR) is 54.8 cm³/mol. The van der Waals surface area contributed by atoms with E-state index >= 15 is 0 Å². The van der Waals surface area contributed by atoms with E-state index in [0.29, 0.717) is 6.54 Å². The molecule has 0 heterocycles. The van der Waals surface area contributed by atoms with Crippen molar-refractivity contribution in [3.8, 4) is 0 Å². The second kappa shape index (κ2) is 4.15. The Kier molecular flexibility index (Phi) is 3.39. The third kappa shape index (κ3) is 2.74. The van der Waals surface area contributed by atoms with Crippen LogP contribution in [-0.2, 0) is 4.79 Å². The molecule has 1 fully saturated rings. The van der Waals surface area contributed by atoms with Crippen molar-refractivity contribution in [2.75, 3.05) is 6.54 Å². The van der Waals surface area contributed by atoms with Crippen molar-refractivity contribution in [1.82, 2.24) is 0 Å². The lowest BCUT2D eigenvalue weighted by atomic mass is 9.72. The van der Waals surface area contributed by atoms with Gasteiger partial charge in [0, 0.05) is 0 Å². The summed E-state index contributed by atoms with van der Waals surface area (Å²) in [5.74, 6) is -0.752. The zero-order valence-corrected chi connectivity index (χ0v) is 8.40. The van der Waals surface area contributed by atoms with Crippen LogP contribution in [0.4, 0.5) is 0 Å². The minimum Gasteiger partial charge on any atom is -0.481 e. The molecule has 0 spiro atoms. The highest BCUT2D eigenvalue weighted by Crippen LogP contribution is 2.37. The molecule has 0 aromatic rings. The number of carboxylic acids is 1. The fourth-order valence-corrected chi connectivity index (χ4v) is 2.04. The fraction of sp³-hybridized carbons (Fsp3) is 0.778. The number of carboxylic acid groups (broad SMARTS) is 1. The SMILES string of the molecule is NCC1(CC(=O)O)CCC(=S)CC1. The van der Waals surface area contributed by atoms with Crippen LogP contribution in [0.1, 0.15) is 32.1 Å². The molecule has 1 aliphatic carbocycles. The van der Waals surface area contributed by atoms with Crippen molar-refractivity contribution in [3.63, 3.8) is 0 Å². The Morgan fingerprint density at radius 3 is 2.46 bits per heavy atom. The number of carbonyl (C=O) groups is 1. The monoisotopic (exact) mass is 201 g/mol. The molecule has 0 atom stereocenters. The van der Waals surface area contributed by atoms with Gasteiger partial charge in [-0.15, -0.1) is 0 Å². The molecular formula is C9H15NO2S. The summed E-state index contributed by atoms with van der Waals surface area (Å²) in [7, 11) is 0. The molecule has 1 aliphatic rings. The van der Waals surface area contributed by atoms with E-state index in [1.165, 1.54) is 0 Å². The highest BCUT2D eigenvalue weighted by molar-refractivity contribution is 7.80. The van der Waals surface area contributed by atoms with Crippen LogP contribution in [0.3, 0.4) is 0 Å². The molecular weight excluding hydrogens is 186 g/mol. The Hall–Kier alpha value is -0.480. The van der Waals surface area contributed by atoms with Gasteiger partial charge >= 0.3 is 5.97 Å². The summed E-state index contributed by atoms with van der Waals surface area (Å²) in [6, 6.07) is 0. The molecule has 0 aromatic carbocycles. The van der Waals surface area contributed by atoms with E-state index in [1.807, 2.05) is 0 Å². The first-order chi connectivity index (χ1) is 6.08. The van der Waals surface area contributed by atoms with Gasteiger partial charge < -0.3 is 10.8 Å². The second-order valence-corrected chi connectivity index (χ2v) is 4.39. The molecule has 1 saturated carbocycles. The topological polar surface area (TPSA) is 63.3 Å². The molecule has 0 saturated heterocycles. The van der Waals surface area contributed by atoms with Gasteiger partial charge in [0.25, 0.3) is 0 Å². The quantitative estimate of drug-likeness (QED) is 0.677. The highest BCUT2D eigenvalue weighted by atomic mass is 32.1. The van der Waals surface area contributed by atoms with Crippen molar-refractivity contribution < 1.29 is 9.90 Å².